The van der Waals surface area contributed by atoms with Crippen LogP contribution in [-0.2, 0) is 10.0 Å². The lowest BCUT2D eigenvalue weighted by Gasteiger charge is -2.13. The molecular formula is C14H15BrN2O2S. The van der Waals surface area contributed by atoms with Crippen LogP contribution in [0.2, 0.25) is 0 Å². The highest BCUT2D eigenvalue weighted by Gasteiger charge is 2.19. The Balaban J connectivity index is 2.46. The van der Waals surface area contributed by atoms with Gasteiger partial charge >= 0.3 is 0 Å². The lowest BCUT2D eigenvalue weighted by atomic mass is 10.1. The van der Waals surface area contributed by atoms with Crippen molar-refractivity contribution in [3.63, 3.8) is 0 Å². The summed E-state index contributed by atoms with van der Waals surface area (Å²) in [4.78, 5) is 0.0628. The monoisotopic (exact) mass is 354 g/mol. The van der Waals surface area contributed by atoms with Gasteiger partial charge in [0.1, 0.15) is 4.90 Å². The van der Waals surface area contributed by atoms with Crippen LogP contribution in [0.3, 0.4) is 0 Å². The van der Waals surface area contributed by atoms with Gasteiger partial charge in [-0.3, -0.25) is 4.72 Å². The fourth-order valence-corrected chi connectivity index (χ4v) is 3.60. The summed E-state index contributed by atoms with van der Waals surface area (Å²) in [7, 11) is -3.71. The Bertz CT molecular complexity index is 758. The standard InChI is InChI=1S/C14H15BrN2O2S/c1-9-4-3-5-13(10(9)2)17-20(18,19)14-8-11(15)6-7-12(14)16/h3-8,17H,16H2,1-2H3. The summed E-state index contributed by atoms with van der Waals surface area (Å²) in [6.45, 7) is 3.80. The second kappa shape index (κ2) is 5.46. The van der Waals surface area contributed by atoms with Crippen molar-refractivity contribution >= 4 is 37.3 Å². The molecule has 0 aliphatic heterocycles. The van der Waals surface area contributed by atoms with Gasteiger partial charge in [0.25, 0.3) is 10.0 Å². The average Bonchev–Trinajstić information content (AvgIpc) is 2.37. The van der Waals surface area contributed by atoms with E-state index in [0.29, 0.717) is 10.2 Å². The number of hydrogen-bond donors (Lipinski definition) is 2. The maximum absolute atomic E-state index is 12.4. The number of nitrogens with one attached hydrogen (secondary N) is 1. The molecular weight excluding hydrogens is 340 g/mol. The lowest BCUT2D eigenvalue weighted by Crippen LogP contribution is -2.15. The SMILES string of the molecule is Cc1cccc(NS(=O)(=O)c2cc(Br)ccc2N)c1C. The van der Waals surface area contributed by atoms with Crippen molar-refractivity contribution in [3.8, 4) is 0 Å². The highest BCUT2D eigenvalue weighted by molar-refractivity contribution is 9.10. The van der Waals surface area contributed by atoms with Gasteiger partial charge in [-0.25, -0.2) is 8.42 Å². The van der Waals surface area contributed by atoms with E-state index >= 15 is 0 Å². The topological polar surface area (TPSA) is 72.2 Å². The number of halogens is 1. The number of anilines is 2. The molecule has 106 valence electrons. The minimum absolute atomic E-state index is 0.0628. The molecule has 20 heavy (non-hydrogen) atoms. The number of benzene rings is 2. The van der Waals surface area contributed by atoms with Crippen LogP contribution in [0.25, 0.3) is 0 Å². The quantitative estimate of drug-likeness (QED) is 0.829. The molecule has 0 bridgehead atoms. The number of rotatable bonds is 3. The highest BCUT2D eigenvalue weighted by atomic mass is 79.9. The van der Waals surface area contributed by atoms with E-state index in [9.17, 15) is 8.42 Å². The van der Waals surface area contributed by atoms with Crippen LogP contribution in [0, 0.1) is 13.8 Å². The second-order valence-electron chi connectivity index (χ2n) is 4.54. The molecule has 0 amide bonds. The maximum atomic E-state index is 12.4. The van der Waals surface area contributed by atoms with Crippen molar-refractivity contribution in [1.29, 1.82) is 0 Å². The first-order valence-corrected chi connectivity index (χ1v) is 8.23. The van der Waals surface area contributed by atoms with Crippen LogP contribution >= 0.6 is 15.9 Å². The summed E-state index contributed by atoms with van der Waals surface area (Å²) in [6, 6.07) is 10.2. The maximum Gasteiger partial charge on any atom is 0.263 e. The Hall–Kier alpha value is -1.53. The Kier molecular flexibility index (Phi) is 4.06. The Morgan fingerprint density at radius 3 is 2.55 bits per heavy atom. The van der Waals surface area contributed by atoms with E-state index in [0.717, 1.165) is 11.1 Å². The second-order valence-corrected chi connectivity index (χ2v) is 7.10. The minimum Gasteiger partial charge on any atom is -0.398 e. The molecule has 0 spiro atoms. The van der Waals surface area contributed by atoms with Crippen molar-refractivity contribution in [2.24, 2.45) is 0 Å². The first kappa shape index (κ1) is 14.9. The van der Waals surface area contributed by atoms with Crippen molar-refractivity contribution in [3.05, 3.63) is 52.0 Å². The van der Waals surface area contributed by atoms with Gasteiger partial charge in [0, 0.05) is 4.47 Å². The molecule has 0 aliphatic carbocycles. The van der Waals surface area contributed by atoms with Crippen LogP contribution in [0.5, 0.6) is 0 Å². The molecule has 4 nitrogen and oxygen atoms in total. The Labute approximate surface area is 127 Å². The summed E-state index contributed by atoms with van der Waals surface area (Å²) in [5.41, 5.74) is 8.44. The largest absolute Gasteiger partial charge is 0.398 e. The van der Waals surface area contributed by atoms with Crippen LogP contribution in [-0.4, -0.2) is 8.42 Å². The van der Waals surface area contributed by atoms with Crippen LogP contribution in [0.1, 0.15) is 11.1 Å². The molecule has 2 aromatic rings. The molecule has 2 rings (SSSR count). The molecule has 0 radical (unpaired) electrons. The predicted octanol–water partition coefficient (Wildman–Crippen LogP) is 3.45. The van der Waals surface area contributed by atoms with E-state index in [-0.39, 0.29) is 10.6 Å². The van der Waals surface area contributed by atoms with Crippen molar-refractivity contribution in [2.75, 3.05) is 10.5 Å². The third kappa shape index (κ3) is 2.96. The Morgan fingerprint density at radius 1 is 1.15 bits per heavy atom. The summed E-state index contributed by atoms with van der Waals surface area (Å²) >= 11 is 3.25. The fourth-order valence-electron chi connectivity index (χ4n) is 1.80. The fraction of sp³-hybridized carbons (Fsp3) is 0.143. The van der Waals surface area contributed by atoms with Crippen molar-refractivity contribution in [1.82, 2.24) is 0 Å². The molecule has 0 saturated carbocycles. The van der Waals surface area contributed by atoms with E-state index in [1.165, 1.54) is 6.07 Å². The first-order valence-electron chi connectivity index (χ1n) is 5.95. The van der Waals surface area contributed by atoms with Gasteiger partial charge in [-0.15, -0.1) is 0 Å². The lowest BCUT2D eigenvalue weighted by molar-refractivity contribution is 0.601. The van der Waals surface area contributed by atoms with Gasteiger partial charge in [-0.05, 0) is 49.2 Å². The zero-order valence-corrected chi connectivity index (χ0v) is 13.5. The third-order valence-electron chi connectivity index (χ3n) is 3.11. The predicted molar refractivity (Wildman–Crippen MR) is 85.3 cm³/mol. The number of nitrogens with two attached hydrogens (primary N) is 1. The molecule has 0 aromatic heterocycles. The van der Waals surface area contributed by atoms with Gasteiger partial charge in [-0.2, -0.15) is 0 Å². The molecule has 6 heteroatoms. The van der Waals surface area contributed by atoms with E-state index < -0.39 is 10.0 Å². The highest BCUT2D eigenvalue weighted by Crippen LogP contribution is 2.27. The van der Waals surface area contributed by atoms with Gasteiger partial charge in [0.05, 0.1) is 11.4 Å². The molecule has 0 heterocycles. The minimum atomic E-state index is -3.71. The van der Waals surface area contributed by atoms with Gasteiger partial charge in [0.2, 0.25) is 0 Å². The summed E-state index contributed by atoms with van der Waals surface area (Å²) in [6.07, 6.45) is 0. The third-order valence-corrected chi connectivity index (χ3v) is 5.03. The van der Waals surface area contributed by atoms with E-state index in [1.54, 1.807) is 18.2 Å². The molecule has 0 aliphatic rings. The first-order chi connectivity index (χ1) is 9.31. The number of sulfonamides is 1. The van der Waals surface area contributed by atoms with E-state index in [1.807, 2.05) is 26.0 Å². The van der Waals surface area contributed by atoms with Gasteiger partial charge in [0.15, 0.2) is 0 Å². The number of hydrogen-bond acceptors (Lipinski definition) is 3. The normalized spacial score (nSPS) is 11.3. The zero-order chi connectivity index (χ0) is 14.9. The number of aryl methyl sites for hydroxylation is 1. The molecule has 0 fully saturated rings. The van der Waals surface area contributed by atoms with Crippen LogP contribution in [0.15, 0.2) is 45.8 Å². The van der Waals surface area contributed by atoms with Crippen molar-refractivity contribution < 1.29 is 8.42 Å². The average molecular weight is 355 g/mol. The zero-order valence-electron chi connectivity index (χ0n) is 11.1. The Morgan fingerprint density at radius 2 is 1.85 bits per heavy atom. The summed E-state index contributed by atoms with van der Waals surface area (Å²) in [5, 5.41) is 0. The molecule has 0 atom stereocenters. The van der Waals surface area contributed by atoms with Gasteiger partial charge < -0.3 is 5.73 Å². The molecule has 3 N–H and O–H groups in total. The van der Waals surface area contributed by atoms with Gasteiger partial charge in [-0.1, -0.05) is 28.1 Å². The van der Waals surface area contributed by atoms with Crippen LogP contribution in [0.4, 0.5) is 11.4 Å². The van der Waals surface area contributed by atoms with Crippen molar-refractivity contribution in [2.45, 2.75) is 18.7 Å². The van der Waals surface area contributed by atoms with E-state index in [4.69, 9.17) is 5.73 Å². The van der Waals surface area contributed by atoms with Crippen LogP contribution < -0.4 is 10.5 Å². The molecule has 2 aromatic carbocycles. The molecule has 0 unspecified atom stereocenters. The number of nitrogen functional groups attached to an aromatic ring is 1. The molecule has 0 saturated heterocycles. The summed E-state index contributed by atoms with van der Waals surface area (Å²) < 4.78 is 28.1. The smallest absolute Gasteiger partial charge is 0.263 e. The van der Waals surface area contributed by atoms with E-state index in [2.05, 4.69) is 20.7 Å². The summed E-state index contributed by atoms with van der Waals surface area (Å²) in [5.74, 6) is 0.